The number of benzene rings is 2. The van der Waals surface area contributed by atoms with E-state index in [1.807, 2.05) is 6.92 Å². The zero-order valence-corrected chi connectivity index (χ0v) is 25.4. The quantitative estimate of drug-likeness (QED) is 0.269. The highest BCUT2D eigenvalue weighted by atomic mass is 19.1. The van der Waals surface area contributed by atoms with Gasteiger partial charge in [0.1, 0.15) is 11.4 Å². The van der Waals surface area contributed by atoms with Crippen molar-refractivity contribution >= 4 is 22.9 Å². The first kappa shape index (κ1) is 29.3. The molecule has 226 valence electrons. The molecule has 2 aromatic heterocycles. The van der Waals surface area contributed by atoms with Gasteiger partial charge in [-0.1, -0.05) is 18.2 Å². The van der Waals surface area contributed by atoms with E-state index in [-0.39, 0.29) is 17.3 Å². The molecule has 8 nitrogen and oxygen atoms in total. The van der Waals surface area contributed by atoms with Crippen molar-refractivity contribution in [1.82, 2.24) is 19.4 Å². The summed E-state index contributed by atoms with van der Waals surface area (Å²) in [6, 6.07) is 15.0. The highest BCUT2D eigenvalue weighted by molar-refractivity contribution is 6.05. The van der Waals surface area contributed by atoms with E-state index in [1.54, 1.807) is 31.2 Å². The normalized spacial score (nSPS) is 21.7. The summed E-state index contributed by atoms with van der Waals surface area (Å²) in [5, 5.41) is 13.6. The van der Waals surface area contributed by atoms with Gasteiger partial charge in [-0.2, -0.15) is 0 Å². The van der Waals surface area contributed by atoms with Crippen molar-refractivity contribution in [3.63, 3.8) is 0 Å². The molecular formula is C34H40FN5O3. The molecule has 1 saturated heterocycles. The van der Waals surface area contributed by atoms with Crippen LogP contribution in [-0.4, -0.2) is 63.3 Å². The number of hydrogen-bond acceptors (Lipinski definition) is 6. The van der Waals surface area contributed by atoms with E-state index >= 15 is 4.39 Å². The fourth-order valence-electron chi connectivity index (χ4n) is 6.66. The van der Waals surface area contributed by atoms with Crippen LogP contribution in [0.2, 0.25) is 0 Å². The first-order valence-electron chi connectivity index (χ1n) is 15.2. The number of carbonyl (C=O) groups is 1. The molecular weight excluding hydrogens is 545 g/mol. The summed E-state index contributed by atoms with van der Waals surface area (Å²) in [7, 11) is 3.68. The van der Waals surface area contributed by atoms with Gasteiger partial charge in [-0.05, 0) is 114 Å². The number of anilines is 1. The molecule has 6 rings (SSSR count). The predicted octanol–water partition coefficient (Wildman–Crippen LogP) is 6.48. The molecule has 0 bridgehead atoms. The Labute approximate surface area is 251 Å². The Balaban J connectivity index is 1.38. The number of rotatable bonds is 6. The Hall–Kier alpha value is -3.82. The summed E-state index contributed by atoms with van der Waals surface area (Å²) in [4.78, 5) is 25.5. The Morgan fingerprint density at radius 1 is 1.07 bits per heavy atom. The summed E-state index contributed by atoms with van der Waals surface area (Å²) in [6.07, 6.45) is 4.99. The van der Waals surface area contributed by atoms with Gasteiger partial charge in [-0.3, -0.25) is 10.1 Å². The number of piperidine rings is 1. The minimum Gasteiger partial charge on any atom is -0.496 e. The van der Waals surface area contributed by atoms with Crippen LogP contribution in [0.15, 0.2) is 48.5 Å². The Kier molecular flexibility index (Phi) is 7.96. The topological polar surface area (TPSA) is 92.5 Å². The van der Waals surface area contributed by atoms with Gasteiger partial charge in [0.15, 0.2) is 5.82 Å². The third-order valence-corrected chi connectivity index (χ3v) is 9.22. The van der Waals surface area contributed by atoms with Crippen LogP contribution in [0.1, 0.15) is 79.0 Å². The minimum atomic E-state index is -0.714. The monoisotopic (exact) mass is 585 g/mol. The number of halogens is 1. The number of likely N-dealkylation sites (tertiary alicyclic amines) is 1. The lowest BCUT2D eigenvalue weighted by atomic mass is 9.83. The van der Waals surface area contributed by atoms with E-state index < -0.39 is 17.3 Å². The summed E-state index contributed by atoms with van der Waals surface area (Å²) in [5.74, 6) is 0.0273. The van der Waals surface area contributed by atoms with Crippen LogP contribution in [0.25, 0.3) is 22.3 Å². The van der Waals surface area contributed by atoms with E-state index in [1.165, 1.54) is 18.7 Å². The number of aromatic nitrogens is 3. The number of para-hydroxylation sites is 1. The number of pyridine rings is 1. The lowest BCUT2D eigenvalue weighted by Gasteiger charge is -2.34. The van der Waals surface area contributed by atoms with Crippen molar-refractivity contribution in [3.05, 3.63) is 71.2 Å². The molecule has 2 aromatic carbocycles. The number of aliphatic hydroxyl groups is 1. The largest absolute Gasteiger partial charge is 0.496 e. The number of aryl methyl sites for hydroxylation is 1. The van der Waals surface area contributed by atoms with Gasteiger partial charge in [0.25, 0.3) is 5.91 Å². The Morgan fingerprint density at radius 3 is 2.51 bits per heavy atom. The highest BCUT2D eigenvalue weighted by Gasteiger charge is 2.32. The van der Waals surface area contributed by atoms with Crippen molar-refractivity contribution in [1.29, 1.82) is 0 Å². The van der Waals surface area contributed by atoms with Gasteiger partial charge >= 0.3 is 0 Å². The maximum Gasteiger partial charge on any atom is 0.261 e. The van der Waals surface area contributed by atoms with Gasteiger partial charge in [0.2, 0.25) is 5.95 Å². The maximum absolute atomic E-state index is 16.0. The van der Waals surface area contributed by atoms with Crippen LogP contribution >= 0.6 is 0 Å². The zero-order chi connectivity index (χ0) is 30.3. The van der Waals surface area contributed by atoms with Crippen LogP contribution in [0.4, 0.5) is 10.3 Å². The van der Waals surface area contributed by atoms with E-state index in [4.69, 9.17) is 9.72 Å². The fraction of sp³-hybridized carbons (Fsp3) is 0.441. The first-order valence-corrected chi connectivity index (χ1v) is 15.2. The maximum atomic E-state index is 16.0. The third kappa shape index (κ3) is 5.88. The number of fused-ring (bicyclic) bond motifs is 1. The molecule has 0 atom stereocenters. The van der Waals surface area contributed by atoms with Crippen LogP contribution in [0.5, 0.6) is 5.75 Å². The van der Waals surface area contributed by atoms with Crippen LogP contribution < -0.4 is 10.1 Å². The smallest absolute Gasteiger partial charge is 0.261 e. The molecule has 9 heteroatoms. The number of amides is 1. The highest BCUT2D eigenvalue weighted by Crippen LogP contribution is 2.40. The summed E-state index contributed by atoms with van der Waals surface area (Å²) in [6.45, 7) is 5.74. The molecule has 1 aliphatic carbocycles. The van der Waals surface area contributed by atoms with Gasteiger partial charge in [0, 0.05) is 17.3 Å². The standard InChI is InChI=1S/C34H40FN5O3/c1-21-19-26(30(35)31(36-21)25-7-5-6-8-29(25)43-4)32(41)38-33-37-27-20-23(22-13-17-39(3)18-14-22)9-10-28(27)40(33)24-11-15-34(2,42)16-12-24/h5-10,19-20,22,24,42H,11-18H2,1-4H3,(H,37,38,41)/t24-,34+. The van der Waals surface area contributed by atoms with E-state index in [9.17, 15) is 9.90 Å². The van der Waals surface area contributed by atoms with Gasteiger partial charge in [-0.15, -0.1) is 0 Å². The average molecular weight is 586 g/mol. The molecule has 2 N–H and O–H groups in total. The van der Waals surface area contributed by atoms with Gasteiger partial charge in [0.05, 0.1) is 29.3 Å². The molecule has 1 saturated carbocycles. The average Bonchev–Trinajstić information content (AvgIpc) is 3.35. The molecule has 43 heavy (non-hydrogen) atoms. The second-order valence-electron chi connectivity index (χ2n) is 12.5. The second kappa shape index (κ2) is 11.7. The van der Waals surface area contributed by atoms with Crippen LogP contribution in [-0.2, 0) is 0 Å². The SMILES string of the molecule is COc1ccccc1-c1nc(C)cc(C(=O)Nc2nc3cc(C4CCN(C)CC4)ccc3n2[C@H]2CC[C@@](C)(O)CC2)c1F. The molecule has 3 heterocycles. The number of nitrogens with zero attached hydrogens (tertiary/aromatic N) is 4. The van der Waals surface area contributed by atoms with Crippen LogP contribution in [0, 0.1) is 12.7 Å². The van der Waals surface area contributed by atoms with E-state index in [2.05, 4.69) is 45.0 Å². The number of nitrogens with one attached hydrogen (secondary N) is 1. The first-order chi connectivity index (χ1) is 20.6. The number of imidazole rings is 1. The van der Waals surface area contributed by atoms with Crippen LogP contribution in [0.3, 0.4) is 0 Å². The second-order valence-corrected chi connectivity index (χ2v) is 12.5. The van der Waals surface area contributed by atoms with Gasteiger partial charge in [-0.25, -0.2) is 14.4 Å². The Bertz CT molecular complexity index is 1650. The number of hydrogen-bond donors (Lipinski definition) is 2. The predicted molar refractivity (Wildman–Crippen MR) is 166 cm³/mol. The number of ether oxygens (including phenoxy) is 1. The zero-order valence-electron chi connectivity index (χ0n) is 25.4. The number of methoxy groups -OCH3 is 1. The van der Waals surface area contributed by atoms with E-state index in [0.717, 1.165) is 49.8 Å². The van der Waals surface area contributed by atoms with Gasteiger partial charge < -0.3 is 19.3 Å². The van der Waals surface area contributed by atoms with Crippen molar-refractivity contribution < 1.29 is 19.0 Å². The molecule has 2 fully saturated rings. The molecule has 0 radical (unpaired) electrons. The van der Waals surface area contributed by atoms with E-state index in [0.29, 0.717) is 41.7 Å². The minimum absolute atomic E-state index is 0.0443. The van der Waals surface area contributed by atoms with Crippen molar-refractivity contribution in [2.75, 3.05) is 32.6 Å². The fourth-order valence-corrected chi connectivity index (χ4v) is 6.66. The number of carbonyl (C=O) groups excluding carboxylic acids is 1. The summed E-state index contributed by atoms with van der Waals surface area (Å²) < 4.78 is 23.5. The molecule has 1 aliphatic heterocycles. The summed E-state index contributed by atoms with van der Waals surface area (Å²) in [5.41, 5.74) is 3.24. The molecule has 4 aromatic rings. The van der Waals surface area contributed by atoms with Crippen molar-refractivity contribution in [3.8, 4) is 17.0 Å². The lowest BCUT2D eigenvalue weighted by Crippen LogP contribution is -2.32. The van der Waals surface area contributed by atoms with Crippen molar-refractivity contribution in [2.24, 2.45) is 0 Å². The third-order valence-electron chi connectivity index (χ3n) is 9.22. The molecule has 0 spiro atoms. The molecule has 2 aliphatic rings. The Morgan fingerprint density at radius 2 is 1.79 bits per heavy atom. The van der Waals surface area contributed by atoms with Crippen molar-refractivity contribution in [2.45, 2.75) is 69.9 Å². The lowest BCUT2D eigenvalue weighted by molar-refractivity contribution is 0.0106. The molecule has 0 unspecified atom stereocenters. The molecule has 1 amide bonds. The summed E-state index contributed by atoms with van der Waals surface area (Å²) >= 11 is 0.